The zero-order valence-electron chi connectivity index (χ0n) is 10.2. The Bertz CT molecular complexity index is 421. The van der Waals surface area contributed by atoms with Crippen LogP contribution in [0.15, 0.2) is 36.4 Å². The second-order valence-corrected chi connectivity index (χ2v) is 3.59. The van der Waals surface area contributed by atoms with Gasteiger partial charge >= 0.3 is 0 Å². The lowest BCUT2D eigenvalue weighted by molar-refractivity contribution is -0.131. The summed E-state index contributed by atoms with van der Waals surface area (Å²) in [7, 11) is 1.37. The summed E-state index contributed by atoms with van der Waals surface area (Å²) in [4.78, 5) is 11.8. The fraction of sp³-hybridized carbons (Fsp3) is 0.308. The van der Waals surface area contributed by atoms with Gasteiger partial charge in [-0.2, -0.15) is 0 Å². The molecule has 0 aromatic heterocycles. The monoisotopic (exact) mass is 252 g/mol. The Morgan fingerprint density at radius 3 is 2.83 bits per heavy atom. The molecule has 4 nitrogen and oxygen atoms in total. The standard InChI is InChI=1S/C13H17FN2O2/c1-18-12(10-6-2-3-7-11(10)14)13(17)16-9-5-4-8-15/h2-7,12H,8-9,15H2,1H3,(H,16,17). The molecule has 1 rings (SSSR count). The minimum atomic E-state index is -0.947. The molecule has 1 atom stereocenters. The van der Waals surface area contributed by atoms with E-state index in [9.17, 15) is 9.18 Å². The number of benzene rings is 1. The lowest BCUT2D eigenvalue weighted by Crippen LogP contribution is -2.31. The van der Waals surface area contributed by atoms with Crippen LogP contribution < -0.4 is 11.1 Å². The number of rotatable bonds is 6. The number of nitrogens with one attached hydrogen (secondary N) is 1. The van der Waals surface area contributed by atoms with E-state index in [1.54, 1.807) is 24.3 Å². The van der Waals surface area contributed by atoms with Crippen molar-refractivity contribution in [2.75, 3.05) is 20.2 Å². The number of amides is 1. The summed E-state index contributed by atoms with van der Waals surface area (Å²) in [5, 5.41) is 2.62. The predicted octanol–water partition coefficient (Wildman–Crippen LogP) is 1.14. The zero-order valence-corrected chi connectivity index (χ0v) is 10.2. The molecule has 0 bridgehead atoms. The Balaban J connectivity index is 2.69. The van der Waals surface area contributed by atoms with Gasteiger partial charge in [-0.1, -0.05) is 30.4 Å². The van der Waals surface area contributed by atoms with Crippen molar-refractivity contribution in [2.45, 2.75) is 6.10 Å². The van der Waals surface area contributed by atoms with Gasteiger partial charge in [-0.25, -0.2) is 4.39 Å². The van der Waals surface area contributed by atoms with E-state index in [1.807, 2.05) is 0 Å². The maximum absolute atomic E-state index is 13.5. The normalized spacial score (nSPS) is 12.6. The Hall–Kier alpha value is -1.72. The van der Waals surface area contributed by atoms with Crippen molar-refractivity contribution in [1.29, 1.82) is 0 Å². The Labute approximate surface area is 106 Å². The van der Waals surface area contributed by atoms with Crippen molar-refractivity contribution in [3.63, 3.8) is 0 Å². The van der Waals surface area contributed by atoms with Gasteiger partial charge in [0, 0.05) is 25.8 Å². The molecule has 0 aliphatic heterocycles. The third-order valence-electron chi connectivity index (χ3n) is 2.36. The summed E-state index contributed by atoms with van der Waals surface area (Å²) < 4.78 is 18.6. The number of carbonyl (C=O) groups is 1. The molecule has 5 heteroatoms. The fourth-order valence-electron chi connectivity index (χ4n) is 1.49. The van der Waals surface area contributed by atoms with Crippen LogP contribution in [0.1, 0.15) is 11.7 Å². The number of hydrogen-bond donors (Lipinski definition) is 2. The summed E-state index contributed by atoms with van der Waals surface area (Å²) in [6, 6.07) is 6.04. The van der Waals surface area contributed by atoms with E-state index in [-0.39, 0.29) is 11.5 Å². The van der Waals surface area contributed by atoms with E-state index in [4.69, 9.17) is 10.5 Å². The van der Waals surface area contributed by atoms with Crippen molar-refractivity contribution in [2.24, 2.45) is 5.73 Å². The minimum Gasteiger partial charge on any atom is -0.367 e. The smallest absolute Gasteiger partial charge is 0.254 e. The number of hydrogen-bond acceptors (Lipinski definition) is 3. The first-order valence-electron chi connectivity index (χ1n) is 5.60. The van der Waals surface area contributed by atoms with Crippen LogP contribution in [-0.4, -0.2) is 26.1 Å². The molecule has 0 radical (unpaired) electrons. The van der Waals surface area contributed by atoms with Crippen LogP contribution in [0.4, 0.5) is 4.39 Å². The number of carbonyl (C=O) groups excluding carboxylic acids is 1. The largest absolute Gasteiger partial charge is 0.367 e. The van der Waals surface area contributed by atoms with E-state index in [2.05, 4.69) is 5.32 Å². The first-order chi connectivity index (χ1) is 8.70. The maximum atomic E-state index is 13.5. The quantitative estimate of drug-likeness (QED) is 0.746. The topological polar surface area (TPSA) is 64.3 Å². The van der Waals surface area contributed by atoms with Gasteiger partial charge in [-0.3, -0.25) is 4.79 Å². The van der Waals surface area contributed by atoms with Crippen LogP contribution in [0, 0.1) is 5.82 Å². The molecule has 0 heterocycles. The molecule has 1 amide bonds. The SMILES string of the molecule is COC(C(=O)NCC=CCN)c1ccccc1F. The Morgan fingerprint density at radius 1 is 1.50 bits per heavy atom. The summed E-state index contributed by atoms with van der Waals surface area (Å²) in [6.45, 7) is 0.751. The number of halogens is 1. The van der Waals surface area contributed by atoms with Gasteiger partial charge in [-0.15, -0.1) is 0 Å². The molecule has 0 aliphatic carbocycles. The zero-order chi connectivity index (χ0) is 13.4. The average Bonchev–Trinajstić information content (AvgIpc) is 2.38. The van der Waals surface area contributed by atoms with E-state index in [0.29, 0.717) is 13.1 Å². The van der Waals surface area contributed by atoms with Crippen LogP contribution in [0.5, 0.6) is 0 Å². The highest BCUT2D eigenvalue weighted by atomic mass is 19.1. The van der Waals surface area contributed by atoms with Crippen LogP contribution >= 0.6 is 0 Å². The minimum absolute atomic E-state index is 0.223. The van der Waals surface area contributed by atoms with Crippen molar-refractivity contribution < 1.29 is 13.9 Å². The molecule has 98 valence electrons. The van der Waals surface area contributed by atoms with E-state index >= 15 is 0 Å². The summed E-state index contributed by atoms with van der Waals surface area (Å²) in [6.07, 6.45) is 2.51. The molecule has 0 spiro atoms. The lowest BCUT2D eigenvalue weighted by atomic mass is 10.1. The third kappa shape index (κ3) is 3.94. The lowest BCUT2D eigenvalue weighted by Gasteiger charge is -2.15. The third-order valence-corrected chi connectivity index (χ3v) is 2.36. The van der Waals surface area contributed by atoms with Gasteiger partial charge in [-0.05, 0) is 6.07 Å². The molecular formula is C13H17FN2O2. The van der Waals surface area contributed by atoms with Gasteiger partial charge in [0.05, 0.1) is 0 Å². The first kappa shape index (κ1) is 14.3. The van der Waals surface area contributed by atoms with Crippen molar-refractivity contribution in [1.82, 2.24) is 5.32 Å². The highest BCUT2D eigenvalue weighted by molar-refractivity contribution is 5.82. The first-order valence-corrected chi connectivity index (χ1v) is 5.60. The average molecular weight is 252 g/mol. The Kier molecular flexibility index (Phi) is 6.04. The molecule has 18 heavy (non-hydrogen) atoms. The molecule has 1 aromatic carbocycles. The van der Waals surface area contributed by atoms with Crippen molar-refractivity contribution in [3.8, 4) is 0 Å². The van der Waals surface area contributed by atoms with Crippen molar-refractivity contribution in [3.05, 3.63) is 47.8 Å². The predicted molar refractivity (Wildman–Crippen MR) is 67.4 cm³/mol. The van der Waals surface area contributed by atoms with Gasteiger partial charge in [0.15, 0.2) is 6.10 Å². The highest BCUT2D eigenvalue weighted by Gasteiger charge is 2.22. The molecule has 0 saturated carbocycles. The second kappa shape index (κ2) is 7.58. The molecule has 0 saturated heterocycles. The molecular weight excluding hydrogens is 235 g/mol. The van der Waals surface area contributed by atoms with Crippen LogP contribution in [0.3, 0.4) is 0 Å². The molecule has 0 fully saturated rings. The van der Waals surface area contributed by atoms with E-state index < -0.39 is 11.9 Å². The summed E-state index contributed by atoms with van der Waals surface area (Å²) >= 11 is 0. The van der Waals surface area contributed by atoms with Gasteiger partial charge in [0.25, 0.3) is 5.91 Å². The second-order valence-electron chi connectivity index (χ2n) is 3.59. The molecule has 1 unspecified atom stereocenters. The fourth-order valence-corrected chi connectivity index (χ4v) is 1.49. The highest BCUT2D eigenvalue weighted by Crippen LogP contribution is 2.19. The van der Waals surface area contributed by atoms with E-state index in [0.717, 1.165) is 0 Å². The molecule has 0 aliphatic rings. The van der Waals surface area contributed by atoms with Gasteiger partial charge in [0.1, 0.15) is 5.82 Å². The Morgan fingerprint density at radius 2 is 2.22 bits per heavy atom. The van der Waals surface area contributed by atoms with Crippen LogP contribution in [0.2, 0.25) is 0 Å². The molecule has 3 N–H and O–H groups in total. The van der Waals surface area contributed by atoms with Crippen LogP contribution in [-0.2, 0) is 9.53 Å². The van der Waals surface area contributed by atoms with Gasteiger partial charge < -0.3 is 15.8 Å². The summed E-state index contributed by atoms with van der Waals surface area (Å²) in [5.74, 6) is -0.846. The van der Waals surface area contributed by atoms with Crippen LogP contribution in [0.25, 0.3) is 0 Å². The van der Waals surface area contributed by atoms with Crippen molar-refractivity contribution >= 4 is 5.91 Å². The number of methoxy groups -OCH3 is 1. The number of nitrogens with two attached hydrogens (primary N) is 1. The molecule has 1 aromatic rings. The van der Waals surface area contributed by atoms with Gasteiger partial charge in [0.2, 0.25) is 0 Å². The van der Waals surface area contributed by atoms with E-state index in [1.165, 1.54) is 19.2 Å². The summed E-state index contributed by atoms with van der Waals surface area (Å²) in [5.41, 5.74) is 5.49. The number of ether oxygens (including phenoxy) is 1. The maximum Gasteiger partial charge on any atom is 0.254 e.